The second-order valence-electron chi connectivity index (χ2n) is 6.24. The molecule has 0 unspecified atom stereocenters. The van der Waals surface area contributed by atoms with E-state index in [1.54, 1.807) is 22.9 Å². The third-order valence-electron chi connectivity index (χ3n) is 4.31. The average molecular weight is 359 g/mol. The lowest BCUT2D eigenvalue weighted by atomic mass is 10.0. The summed E-state index contributed by atoms with van der Waals surface area (Å²) in [5, 5.41) is 15.6. The molecule has 0 aliphatic heterocycles. The minimum atomic E-state index is -0.746. The molecular weight excluding hydrogens is 334 g/mol. The van der Waals surface area contributed by atoms with Crippen molar-refractivity contribution in [1.82, 2.24) is 9.78 Å². The molecule has 0 saturated carbocycles. The van der Waals surface area contributed by atoms with Crippen LogP contribution in [0.15, 0.2) is 24.3 Å². The van der Waals surface area contributed by atoms with Crippen molar-refractivity contribution in [1.29, 1.82) is 0 Å². The first-order chi connectivity index (χ1) is 12.5. The Hall–Kier alpha value is -2.90. The molecule has 0 bridgehead atoms. The molecule has 0 saturated heterocycles. The first kappa shape index (κ1) is 19.4. The first-order valence-corrected chi connectivity index (χ1v) is 8.87. The van der Waals surface area contributed by atoms with Crippen molar-refractivity contribution in [2.75, 3.05) is 5.73 Å². The Kier molecular flexibility index (Phi) is 6.71. The van der Waals surface area contributed by atoms with Gasteiger partial charge in [0.25, 0.3) is 11.6 Å². The number of hydrogen-bond acceptors (Lipinski definition) is 5. The van der Waals surface area contributed by atoms with Crippen molar-refractivity contribution in [3.8, 4) is 11.3 Å². The molecular formula is C18H25N5O3. The molecule has 140 valence electrons. The molecule has 1 aromatic carbocycles. The van der Waals surface area contributed by atoms with E-state index in [2.05, 4.69) is 12.0 Å². The smallest absolute Gasteiger partial charge is 0.278 e. The van der Waals surface area contributed by atoms with Crippen LogP contribution in [0.25, 0.3) is 11.3 Å². The molecule has 0 aliphatic carbocycles. The van der Waals surface area contributed by atoms with E-state index in [9.17, 15) is 14.9 Å². The Morgan fingerprint density at radius 2 is 1.85 bits per heavy atom. The fourth-order valence-corrected chi connectivity index (χ4v) is 3.03. The number of anilines is 1. The number of aryl methyl sites for hydroxylation is 1. The van der Waals surface area contributed by atoms with Gasteiger partial charge in [-0.2, -0.15) is 5.10 Å². The number of para-hydroxylation sites is 1. The minimum Gasteiger partial charge on any atom is -0.382 e. The number of rotatable bonds is 10. The third-order valence-corrected chi connectivity index (χ3v) is 4.31. The summed E-state index contributed by atoms with van der Waals surface area (Å²) in [5.41, 5.74) is 11.9. The Balaban J connectivity index is 2.35. The van der Waals surface area contributed by atoms with E-state index >= 15 is 0 Å². The van der Waals surface area contributed by atoms with Crippen LogP contribution in [-0.4, -0.2) is 20.6 Å². The average Bonchev–Trinajstić information content (AvgIpc) is 2.94. The number of unbranched alkanes of at least 4 members (excludes halogenated alkanes) is 5. The molecule has 0 aliphatic rings. The SMILES string of the molecule is CCCCCCCCn1nc(N)c(C(N)=O)c1-c1ccccc1[N+](=O)[O-]. The molecule has 0 radical (unpaired) electrons. The maximum Gasteiger partial charge on any atom is 0.278 e. The van der Waals surface area contributed by atoms with Gasteiger partial charge in [-0.1, -0.05) is 51.2 Å². The molecule has 1 amide bonds. The Bertz CT molecular complexity index is 785. The summed E-state index contributed by atoms with van der Waals surface area (Å²) < 4.78 is 1.57. The first-order valence-electron chi connectivity index (χ1n) is 8.87. The van der Waals surface area contributed by atoms with Crippen molar-refractivity contribution in [2.45, 2.75) is 52.0 Å². The van der Waals surface area contributed by atoms with E-state index in [4.69, 9.17) is 11.5 Å². The molecule has 4 N–H and O–H groups in total. The van der Waals surface area contributed by atoms with E-state index < -0.39 is 10.8 Å². The Morgan fingerprint density at radius 1 is 1.19 bits per heavy atom. The van der Waals surface area contributed by atoms with Crippen molar-refractivity contribution in [2.24, 2.45) is 5.73 Å². The summed E-state index contributed by atoms with van der Waals surface area (Å²) in [7, 11) is 0. The van der Waals surface area contributed by atoms with Gasteiger partial charge >= 0.3 is 0 Å². The van der Waals surface area contributed by atoms with E-state index in [0.717, 1.165) is 19.3 Å². The third kappa shape index (κ3) is 4.38. The van der Waals surface area contributed by atoms with Crippen LogP contribution in [-0.2, 0) is 6.54 Å². The van der Waals surface area contributed by atoms with Gasteiger partial charge in [-0.05, 0) is 12.5 Å². The van der Waals surface area contributed by atoms with E-state index in [1.807, 2.05) is 0 Å². The van der Waals surface area contributed by atoms with Crippen molar-refractivity contribution >= 4 is 17.4 Å². The molecule has 2 aromatic rings. The van der Waals surface area contributed by atoms with Crippen LogP contribution in [0.5, 0.6) is 0 Å². The number of carbonyl (C=O) groups is 1. The van der Waals surface area contributed by atoms with Gasteiger partial charge in [0.1, 0.15) is 5.56 Å². The highest BCUT2D eigenvalue weighted by Gasteiger charge is 2.26. The van der Waals surface area contributed by atoms with Gasteiger partial charge in [0, 0.05) is 12.6 Å². The molecule has 8 nitrogen and oxygen atoms in total. The molecule has 0 spiro atoms. The number of nitrogen functional groups attached to an aromatic ring is 1. The van der Waals surface area contributed by atoms with Gasteiger partial charge in [-0.25, -0.2) is 0 Å². The monoisotopic (exact) mass is 359 g/mol. The lowest BCUT2D eigenvalue weighted by molar-refractivity contribution is -0.384. The number of benzene rings is 1. The number of nitrogens with zero attached hydrogens (tertiary/aromatic N) is 3. The molecule has 0 atom stereocenters. The Labute approximate surface area is 152 Å². The topological polar surface area (TPSA) is 130 Å². The molecule has 26 heavy (non-hydrogen) atoms. The fourth-order valence-electron chi connectivity index (χ4n) is 3.03. The number of amides is 1. The highest BCUT2D eigenvalue weighted by Crippen LogP contribution is 2.34. The van der Waals surface area contributed by atoms with Gasteiger partial charge in [0.2, 0.25) is 0 Å². The van der Waals surface area contributed by atoms with Crippen molar-refractivity contribution in [3.63, 3.8) is 0 Å². The predicted octanol–water partition coefficient (Wildman–Crippen LogP) is 3.50. The second kappa shape index (κ2) is 8.98. The zero-order chi connectivity index (χ0) is 19.1. The van der Waals surface area contributed by atoms with Gasteiger partial charge in [0.05, 0.1) is 16.2 Å². The lowest BCUT2D eigenvalue weighted by Crippen LogP contribution is -2.14. The van der Waals surface area contributed by atoms with Gasteiger partial charge < -0.3 is 11.5 Å². The zero-order valence-electron chi connectivity index (χ0n) is 15.0. The fraction of sp³-hybridized carbons (Fsp3) is 0.444. The minimum absolute atomic E-state index is 0.00312. The van der Waals surface area contributed by atoms with Crippen LogP contribution >= 0.6 is 0 Å². The van der Waals surface area contributed by atoms with Crippen molar-refractivity contribution < 1.29 is 9.72 Å². The Morgan fingerprint density at radius 3 is 2.50 bits per heavy atom. The zero-order valence-corrected chi connectivity index (χ0v) is 15.0. The van der Waals surface area contributed by atoms with Gasteiger partial charge in [0.15, 0.2) is 5.82 Å². The summed E-state index contributed by atoms with van der Waals surface area (Å²) >= 11 is 0. The number of nitro benzene ring substituents is 1. The van der Waals surface area contributed by atoms with Crippen molar-refractivity contribution in [3.05, 3.63) is 39.9 Å². The summed E-state index contributed by atoms with van der Waals surface area (Å²) in [6.07, 6.45) is 6.55. The van der Waals surface area contributed by atoms with Crippen LogP contribution in [0.3, 0.4) is 0 Å². The quantitative estimate of drug-likeness (QED) is 0.381. The summed E-state index contributed by atoms with van der Waals surface area (Å²) in [6.45, 7) is 2.68. The largest absolute Gasteiger partial charge is 0.382 e. The van der Waals surface area contributed by atoms with Crippen LogP contribution in [0.2, 0.25) is 0 Å². The number of carbonyl (C=O) groups excluding carboxylic acids is 1. The molecule has 1 heterocycles. The van der Waals surface area contributed by atoms with Crippen LogP contribution in [0, 0.1) is 10.1 Å². The maximum atomic E-state index is 11.9. The van der Waals surface area contributed by atoms with Gasteiger partial charge in [-0.3, -0.25) is 19.6 Å². The van der Waals surface area contributed by atoms with Crippen LogP contribution in [0.1, 0.15) is 55.8 Å². The summed E-state index contributed by atoms with van der Waals surface area (Å²) in [4.78, 5) is 22.8. The molecule has 2 rings (SSSR count). The number of nitrogens with two attached hydrogens (primary N) is 2. The number of aromatic nitrogens is 2. The maximum absolute atomic E-state index is 11.9. The molecule has 0 fully saturated rings. The normalized spacial score (nSPS) is 10.8. The van der Waals surface area contributed by atoms with Gasteiger partial charge in [-0.15, -0.1) is 0 Å². The van der Waals surface area contributed by atoms with E-state index in [0.29, 0.717) is 17.8 Å². The number of hydrogen-bond donors (Lipinski definition) is 2. The van der Waals surface area contributed by atoms with E-state index in [-0.39, 0.29) is 17.1 Å². The van der Waals surface area contributed by atoms with Crippen LogP contribution < -0.4 is 11.5 Å². The predicted molar refractivity (Wildman–Crippen MR) is 101 cm³/mol. The van der Waals surface area contributed by atoms with Crippen LogP contribution in [0.4, 0.5) is 11.5 Å². The highest BCUT2D eigenvalue weighted by molar-refractivity contribution is 6.04. The standard InChI is InChI=1S/C18H25N5O3/c1-2-3-4-5-6-9-12-22-16(15(18(20)24)17(19)21-22)13-10-7-8-11-14(13)23(25)26/h7-8,10-11H,2-6,9,12H2,1H3,(H2,19,21)(H2,20,24). The number of primary amides is 1. The summed E-state index contributed by atoms with van der Waals surface area (Å²) in [6, 6.07) is 6.21. The second-order valence-corrected chi connectivity index (χ2v) is 6.24. The summed E-state index contributed by atoms with van der Waals surface area (Å²) in [5.74, 6) is -0.749. The highest BCUT2D eigenvalue weighted by atomic mass is 16.6. The molecule has 8 heteroatoms. The molecule has 1 aromatic heterocycles. The lowest BCUT2D eigenvalue weighted by Gasteiger charge is -2.09. The number of nitro groups is 1. The van der Waals surface area contributed by atoms with E-state index in [1.165, 1.54) is 25.3 Å².